The maximum absolute atomic E-state index is 10.4. The van der Waals surface area contributed by atoms with Crippen LogP contribution in [-0.4, -0.2) is 40.8 Å². The molecule has 5 nitrogen and oxygen atoms in total. The Morgan fingerprint density at radius 2 is 2.23 bits per heavy atom. The van der Waals surface area contributed by atoms with Gasteiger partial charge >= 0.3 is 6.09 Å². The second-order valence-electron chi connectivity index (χ2n) is 3.77. The predicted octanol–water partition coefficient (Wildman–Crippen LogP) is 0.240. The third kappa shape index (κ3) is 2.33. The van der Waals surface area contributed by atoms with Crippen molar-refractivity contribution in [3.63, 3.8) is 0 Å². The molecule has 0 aromatic rings. The first-order valence-electron chi connectivity index (χ1n) is 4.11. The number of nitrogens with one attached hydrogen (secondary N) is 1. The quantitative estimate of drug-likeness (QED) is 0.643. The molecule has 1 aliphatic heterocycles. The fourth-order valence-electron chi connectivity index (χ4n) is 1.27. The van der Waals surface area contributed by atoms with E-state index in [1.54, 1.807) is 13.8 Å². The molecule has 13 heavy (non-hydrogen) atoms. The maximum Gasteiger partial charge on any atom is 0.407 e. The molecular weight excluding hydrogens is 170 g/mol. The summed E-state index contributed by atoms with van der Waals surface area (Å²) in [6.07, 6.45) is -0.896. The van der Waals surface area contributed by atoms with E-state index in [0.717, 1.165) is 0 Å². The van der Waals surface area contributed by atoms with Crippen LogP contribution in [0.2, 0.25) is 0 Å². The summed E-state index contributed by atoms with van der Waals surface area (Å²) in [5, 5.41) is 20.3. The molecular formula is C8H13N3O2. The number of likely N-dealkylation sites (tertiary alicyclic amines) is 1. The summed E-state index contributed by atoms with van der Waals surface area (Å²) in [6.45, 7) is 4.49. The Morgan fingerprint density at radius 3 is 2.62 bits per heavy atom. The molecule has 0 radical (unpaired) electrons. The highest BCUT2D eigenvalue weighted by atomic mass is 16.4. The van der Waals surface area contributed by atoms with Gasteiger partial charge in [-0.2, -0.15) is 5.26 Å². The Bertz CT molecular complexity index is 251. The minimum atomic E-state index is -0.896. The molecule has 5 heteroatoms. The molecule has 1 saturated heterocycles. The summed E-state index contributed by atoms with van der Waals surface area (Å²) in [6, 6.07) is 2.22. The second-order valence-corrected chi connectivity index (χ2v) is 3.77. The van der Waals surface area contributed by atoms with Crippen molar-refractivity contribution in [3.8, 4) is 6.07 Å². The van der Waals surface area contributed by atoms with Crippen LogP contribution in [0.4, 0.5) is 4.79 Å². The molecule has 0 atom stereocenters. The lowest BCUT2D eigenvalue weighted by molar-refractivity contribution is 0.0897. The first-order valence-corrected chi connectivity index (χ1v) is 4.11. The molecule has 0 bridgehead atoms. The Morgan fingerprint density at radius 1 is 1.69 bits per heavy atom. The van der Waals surface area contributed by atoms with Crippen LogP contribution in [0.1, 0.15) is 13.8 Å². The van der Waals surface area contributed by atoms with Crippen molar-refractivity contribution in [2.45, 2.75) is 25.4 Å². The molecule has 0 unspecified atom stereocenters. The van der Waals surface area contributed by atoms with Crippen molar-refractivity contribution in [2.75, 3.05) is 13.1 Å². The molecule has 1 amide bonds. The number of hydrogen-bond acceptors (Lipinski definition) is 3. The summed E-state index contributed by atoms with van der Waals surface area (Å²) in [4.78, 5) is 11.7. The lowest BCUT2D eigenvalue weighted by Crippen LogP contribution is -2.63. The van der Waals surface area contributed by atoms with Crippen molar-refractivity contribution in [1.82, 2.24) is 10.2 Å². The van der Waals surface area contributed by atoms with E-state index >= 15 is 0 Å². The number of hydrogen-bond donors (Lipinski definition) is 2. The Kier molecular flexibility index (Phi) is 2.43. The maximum atomic E-state index is 10.4. The number of rotatable bonds is 2. The van der Waals surface area contributed by atoms with Gasteiger partial charge in [-0.05, 0) is 13.8 Å². The fourth-order valence-corrected chi connectivity index (χ4v) is 1.27. The van der Waals surface area contributed by atoms with E-state index in [1.807, 2.05) is 0 Å². The minimum Gasteiger partial charge on any atom is -0.465 e. The van der Waals surface area contributed by atoms with Gasteiger partial charge in [0, 0.05) is 19.1 Å². The third-order valence-electron chi connectivity index (χ3n) is 2.00. The lowest BCUT2D eigenvalue weighted by atomic mass is 10.0. The van der Waals surface area contributed by atoms with Crippen LogP contribution < -0.4 is 5.32 Å². The highest BCUT2D eigenvalue weighted by Gasteiger charge is 2.33. The summed E-state index contributed by atoms with van der Waals surface area (Å²) in [5.74, 6) is 0. The van der Waals surface area contributed by atoms with Crippen LogP contribution in [0, 0.1) is 11.3 Å². The van der Waals surface area contributed by atoms with Gasteiger partial charge in [0.1, 0.15) is 5.54 Å². The Balaban J connectivity index is 2.30. The van der Waals surface area contributed by atoms with E-state index in [9.17, 15) is 4.79 Å². The number of carbonyl (C=O) groups is 1. The lowest BCUT2D eigenvalue weighted by Gasteiger charge is -2.40. The van der Waals surface area contributed by atoms with Crippen molar-refractivity contribution in [1.29, 1.82) is 5.26 Å². The van der Waals surface area contributed by atoms with Crippen molar-refractivity contribution < 1.29 is 9.90 Å². The Labute approximate surface area is 76.9 Å². The normalized spacial score (nSPS) is 17.8. The van der Waals surface area contributed by atoms with E-state index in [0.29, 0.717) is 13.1 Å². The minimum absolute atomic E-state index is 0.116. The predicted molar refractivity (Wildman–Crippen MR) is 46.2 cm³/mol. The molecule has 0 aromatic carbocycles. The SMILES string of the molecule is CC(C)(C#N)NC1CN(C(=O)O)C1. The van der Waals surface area contributed by atoms with Gasteiger partial charge < -0.3 is 10.0 Å². The smallest absolute Gasteiger partial charge is 0.407 e. The molecule has 1 aliphatic rings. The fraction of sp³-hybridized carbons (Fsp3) is 0.750. The zero-order valence-corrected chi connectivity index (χ0v) is 7.74. The summed E-state index contributed by atoms with van der Waals surface area (Å²) < 4.78 is 0. The van der Waals surface area contributed by atoms with E-state index in [-0.39, 0.29) is 6.04 Å². The van der Waals surface area contributed by atoms with Gasteiger partial charge in [-0.3, -0.25) is 5.32 Å². The monoisotopic (exact) mass is 183 g/mol. The first kappa shape index (κ1) is 9.81. The number of nitriles is 1. The van der Waals surface area contributed by atoms with Gasteiger partial charge in [-0.25, -0.2) is 4.79 Å². The molecule has 1 fully saturated rings. The van der Waals surface area contributed by atoms with Crippen LogP contribution in [0.3, 0.4) is 0 Å². The average molecular weight is 183 g/mol. The zero-order chi connectivity index (χ0) is 10.1. The van der Waals surface area contributed by atoms with Crippen LogP contribution in [-0.2, 0) is 0 Å². The topological polar surface area (TPSA) is 76.4 Å². The third-order valence-corrected chi connectivity index (χ3v) is 2.00. The molecule has 0 saturated carbocycles. The van der Waals surface area contributed by atoms with Crippen molar-refractivity contribution in [3.05, 3.63) is 0 Å². The molecule has 2 N–H and O–H groups in total. The Hall–Kier alpha value is -1.28. The molecule has 0 spiro atoms. The molecule has 0 aliphatic carbocycles. The van der Waals surface area contributed by atoms with E-state index in [1.165, 1.54) is 4.90 Å². The van der Waals surface area contributed by atoms with E-state index in [4.69, 9.17) is 10.4 Å². The summed E-state index contributed by atoms with van der Waals surface area (Å²) in [7, 11) is 0. The van der Waals surface area contributed by atoms with E-state index < -0.39 is 11.6 Å². The van der Waals surface area contributed by atoms with Crippen LogP contribution in [0.15, 0.2) is 0 Å². The summed E-state index contributed by atoms with van der Waals surface area (Å²) >= 11 is 0. The van der Waals surface area contributed by atoms with Gasteiger partial charge in [-0.1, -0.05) is 0 Å². The zero-order valence-electron chi connectivity index (χ0n) is 7.74. The van der Waals surface area contributed by atoms with Crippen molar-refractivity contribution in [2.24, 2.45) is 0 Å². The van der Waals surface area contributed by atoms with Crippen LogP contribution in [0.5, 0.6) is 0 Å². The highest BCUT2D eigenvalue weighted by Crippen LogP contribution is 2.11. The van der Waals surface area contributed by atoms with Gasteiger partial charge in [0.05, 0.1) is 6.07 Å². The standard InChI is InChI=1S/C8H13N3O2/c1-8(2,5-9)10-6-3-11(4-6)7(12)13/h6,10H,3-4H2,1-2H3,(H,12,13). The highest BCUT2D eigenvalue weighted by molar-refractivity contribution is 5.66. The molecule has 1 rings (SSSR count). The molecule has 0 aromatic heterocycles. The van der Waals surface area contributed by atoms with E-state index in [2.05, 4.69) is 11.4 Å². The van der Waals surface area contributed by atoms with Gasteiger partial charge in [0.25, 0.3) is 0 Å². The molecule has 1 heterocycles. The number of carboxylic acid groups (broad SMARTS) is 1. The van der Waals surface area contributed by atoms with Crippen LogP contribution in [0.25, 0.3) is 0 Å². The van der Waals surface area contributed by atoms with Crippen LogP contribution >= 0.6 is 0 Å². The number of nitrogens with zero attached hydrogens (tertiary/aromatic N) is 2. The molecule has 72 valence electrons. The van der Waals surface area contributed by atoms with Gasteiger partial charge in [-0.15, -0.1) is 0 Å². The second kappa shape index (κ2) is 3.23. The average Bonchev–Trinajstić information content (AvgIpc) is 1.95. The van der Waals surface area contributed by atoms with Gasteiger partial charge in [0.2, 0.25) is 0 Å². The number of amides is 1. The first-order chi connectivity index (χ1) is 5.94. The summed E-state index contributed by atoms with van der Waals surface area (Å²) in [5.41, 5.74) is -0.574. The van der Waals surface area contributed by atoms with Gasteiger partial charge in [0.15, 0.2) is 0 Å². The largest absolute Gasteiger partial charge is 0.465 e. The van der Waals surface area contributed by atoms with Crippen molar-refractivity contribution >= 4 is 6.09 Å².